The number of allylic oxidation sites excluding steroid dienone is 2. The predicted octanol–water partition coefficient (Wildman–Crippen LogP) is 9.63. The summed E-state index contributed by atoms with van der Waals surface area (Å²) in [5.41, 5.74) is 3.39. The maximum absolute atomic E-state index is 9.81. The van der Waals surface area contributed by atoms with Gasteiger partial charge in [0, 0.05) is 12.1 Å². The summed E-state index contributed by atoms with van der Waals surface area (Å²) in [6.07, 6.45) is 13.4. The van der Waals surface area contributed by atoms with Crippen molar-refractivity contribution in [3.63, 3.8) is 0 Å². The van der Waals surface area contributed by atoms with Crippen molar-refractivity contribution in [2.75, 3.05) is 13.2 Å². The maximum atomic E-state index is 9.81. The molecule has 0 saturated carbocycles. The molecule has 7 rings (SSSR count). The van der Waals surface area contributed by atoms with Crippen molar-refractivity contribution in [3.8, 4) is 23.0 Å². The predicted molar refractivity (Wildman–Crippen MR) is 190 cm³/mol. The molecular weight excluding hydrogens is 620 g/mol. The quantitative estimate of drug-likeness (QED) is 0.118. The fourth-order valence-electron chi connectivity index (χ4n) is 6.68. The van der Waals surface area contributed by atoms with Gasteiger partial charge in [-0.2, -0.15) is 0 Å². The second-order valence-electron chi connectivity index (χ2n) is 14.5. The Morgan fingerprint density at radius 3 is 2.24 bits per heavy atom. The summed E-state index contributed by atoms with van der Waals surface area (Å²) in [5, 5.41) is 12.7. The molecule has 3 aliphatic rings. The van der Waals surface area contributed by atoms with Crippen LogP contribution in [0.3, 0.4) is 0 Å². The molecule has 3 unspecified atom stereocenters. The van der Waals surface area contributed by atoms with E-state index in [1.54, 1.807) is 18.4 Å². The summed E-state index contributed by atoms with van der Waals surface area (Å²) >= 11 is 0. The molecule has 1 spiro atoms. The second kappa shape index (κ2) is 12.9. The van der Waals surface area contributed by atoms with Gasteiger partial charge in [0.1, 0.15) is 41.8 Å². The Balaban J connectivity index is 0.973. The fourth-order valence-corrected chi connectivity index (χ4v) is 6.68. The van der Waals surface area contributed by atoms with Crippen LogP contribution in [0.5, 0.6) is 23.0 Å². The molecule has 0 aliphatic carbocycles. The molecule has 258 valence electrons. The molecule has 0 bridgehead atoms. The van der Waals surface area contributed by atoms with Crippen LogP contribution >= 0.6 is 0 Å². The van der Waals surface area contributed by atoms with Crippen molar-refractivity contribution < 1.29 is 37.9 Å². The second-order valence-corrected chi connectivity index (χ2v) is 14.5. The molecule has 0 radical (unpaired) electrons. The molecule has 8 heteroatoms. The summed E-state index contributed by atoms with van der Waals surface area (Å²) in [7, 11) is 0. The first-order chi connectivity index (χ1) is 23.4. The molecule has 4 aromatic rings. The Labute approximate surface area is 287 Å². The van der Waals surface area contributed by atoms with Gasteiger partial charge in [0.25, 0.3) is 0 Å². The van der Waals surface area contributed by atoms with E-state index in [4.69, 9.17) is 32.8 Å². The van der Waals surface area contributed by atoms with Crippen LogP contribution in [0.1, 0.15) is 72.8 Å². The van der Waals surface area contributed by atoms with Crippen molar-refractivity contribution in [2.45, 2.75) is 96.6 Å². The van der Waals surface area contributed by atoms with Crippen molar-refractivity contribution >= 4 is 27.8 Å². The van der Waals surface area contributed by atoms with Gasteiger partial charge in [-0.1, -0.05) is 23.3 Å². The van der Waals surface area contributed by atoms with E-state index in [1.165, 1.54) is 11.1 Å². The number of epoxide rings is 1. The van der Waals surface area contributed by atoms with E-state index in [9.17, 15) is 5.11 Å². The van der Waals surface area contributed by atoms with Gasteiger partial charge in [-0.15, -0.1) is 0 Å². The highest BCUT2D eigenvalue weighted by atomic mass is 16.9. The summed E-state index contributed by atoms with van der Waals surface area (Å²) in [6.45, 7) is 13.5. The number of ether oxygens (including phenoxy) is 6. The Bertz CT molecular complexity index is 1950. The van der Waals surface area contributed by atoms with E-state index >= 15 is 0 Å². The van der Waals surface area contributed by atoms with E-state index in [0.717, 1.165) is 53.2 Å². The molecule has 0 amide bonds. The molecule has 2 saturated heterocycles. The van der Waals surface area contributed by atoms with E-state index < -0.39 is 11.6 Å². The van der Waals surface area contributed by atoms with Crippen LogP contribution in [0.2, 0.25) is 0 Å². The number of furan rings is 1. The number of benzene rings is 3. The zero-order chi connectivity index (χ0) is 34.4. The van der Waals surface area contributed by atoms with Crippen LogP contribution in [-0.2, 0) is 14.2 Å². The van der Waals surface area contributed by atoms with Crippen molar-refractivity contribution in [1.82, 2.24) is 0 Å². The maximum Gasteiger partial charge on any atom is 0.350 e. The minimum atomic E-state index is -1.35. The molecule has 3 aliphatic heterocycles. The minimum Gasteiger partial charge on any atom is -0.508 e. The average Bonchev–Trinajstić information content (AvgIpc) is 3.31. The summed E-state index contributed by atoms with van der Waals surface area (Å²) in [4.78, 5) is 0. The van der Waals surface area contributed by atoms with E-state index in [0.29, 0.717) is 36.4 Å². The molecular formula is C41H46O8. The third-order valence-electron chi connectivity index (χ3n) is 9.81. The van der Waals surface area contributed by atoms with Crippen LogP contribution in [0.4, 0.5) is 0 Å². The molecule has 3 atom stereocenters. The van der Waals surface area contributed by atoms with Gasteiger partial charge in [-0.3, -0.25) is 0 Å². The standard InChI is InChI=1S/C41H46O8/c1-26(16-20-43-31-12-10-28-9-11-30(42)23-29(28)24-31)8-14-37-40(5,6)49-41(48-37)19-15-32-35(46-41)25-34-33(18-22-44-34)38(32)45-21-17-27(2)7-13-36-39(3,4)47-36/h9-12,15-19,22-25,36-37,42H,7-8,13-14,20-21H2,1-6H3. The average molecular weight is 667 g/mol. The zero-order valence-electron chi connectivity index (χ0n) is 29.2. The van der Waals surface area contributed by atoms with Gasteiger partial charge in [-0.25, -0.2) is 0 Å². The highest BCUT2D eigenvalue weighted by Gasteiger charge is 2.54. The smallest absolute Gasteiger partial charge is 0.350 e. The number of aromatic hydroxyl groups is 1. The monoisotopic (exact) mass is 666 g/mol. The van der Waals surface area contributed by atoms with Gasteiger partial charge in [-0.05, 0) is 127 Å². The Morgan fingerprint density at radius 2 is 1.51 bits per heavy atom. The lowest BCUT2D eigenvalue weighted by Gasteiger charge is -2.30. The molecule has 2 fully saturated rings. The third kappa shape index (κ3) is 7.23. The first-order valence-corrected chi connectivity index (χ1v) is 17.2. The van der Waals surface area contributed by atoms with Crippen LogP contribution in [-0.4, -0.2) is 47.7 Å². The number of phenolic OH excluding ortho intramolecular Hbond substituents is 1. The van der Waals surface area contributed by atoms with Gasteiger partial charge in [0.2, 0.25) is 0 Å². The molecule has 1 aromatic heterocycles. The van der Waals surface area contributed by atoms with E-state index in [2.05, 4.69) is 39.8 Å². The van der Waals surface area contributed by atoms with E-state index in [-0.39, 0.29) is 17.5 Å². The SMILES string of the molecule is CC(=CCOc1c2c(cc3occc13)OC1(C=C2)OC(CCC(C)=CCOc2ccc3ccc(O)cc3c2)C(C)(C)O1)CCC1OC1(C)C. The number of fused-ring (bicyclic) bond motifs is 3. The number of hydrogen-bond acceptors (Lipinski definition) is 8. The number of rotatable bonds is 12. The lowest BCUT2D eigenvalue weighted by atomic mass is 9.96. The van der Waals surface area contributed by atoms with E-state index in [1.807, 2.05) is 62.4 Å². The lowest BCUT2D eigenvalue weighted by molar-refractivity contribution is -0.270. The molecule has 3 aromatic carbocycles. The summed E-state index contributed by atoms with van der Waals surface area (Å²) in [6, 6.07) is 15.0. The summed E-state index contributed by atoms with van der Waals surface area (Å²) in [5.74, 6) is 0.946. The molecule has 8 nitrogen and oxygen atoms in total. The third-order valence-corrected chi connectivity index (χ3v) is 9.81. The van der Waals surface area contributed by atoms with Crippen molar-refractivity contribution in [2.24, 2.45) is 0 Å². The molecule has 4 heterocycles. The largest absolute Gasteiger partial charge is 0.508 e. The fraction of sp³-hybridized carbons (Fsp3) is 0.415. The molecule has 49 heavy (non-hydrogen) atoms. The Morgan fingerprint density at radius 1 is 0.816 bits per heavy atom. The normalized spacial score (nSPS) is 24.0. The van der Waals surface area contributed by atoms with Gasteiger partial charge >= 0.3 is 5.97 Å². The Kier molecular flexibility index (Phi) is 8.76. The lowest BCUT2D eigenvalue weighted by Crippen LogP contribution is -2.38. The topological polar surface area (TPSA) is 92.1 Å². The zero-order valence-corrected chi connectivity index (χ0v) is 29.2. The highest BCUT2D eigenvalue weighted by Crippen LogP contribution is 2.48. The van der Waals surface area contributed by atoms with Gasteiger partial charge in [0.15, 0.2) is 0 Å². The van der Waals surface area contributed by atoms with Crippen LogP contribution in [0.25, 0.3) is 27.8 Å². The number of phenols is 1. The highest BCUT2D eigenvalue weighted by molar-refractivity contribution is 5.91. The first-order valence-electron chi connectivity index (χ1n) is 17.2. The first kappa shape index (κ1) is 33.3. The van der Waals surface area contributed by atoms with Crippen LogP contribution < -0.4 is 14.2 Å². The number of hydrogen-bond donors (Lipinski definition) is 1. The van der Waals surface area contributed by atoms with Crippen LogP contribution in [0.15, 0.2) is 88.6 Å². The Hall–Kier alpha value is -4.24. The van der Waals surface area contributed by atoms with Crippen LogP contribution in [0, 0.1) is 0 Å². The molecule has 1 N–H and O–H groups in total. The van der Waals surface area contributed by atoms with Gasteiger partial charge in [0.05, 0.1) is 40.6 Å². The van der Waals surface area contributed by atoms with Crippen molar-refractivity contribution in [3.05, 3.63) is 89.7 Å². The van der Waals surface area contributed by atoms with Crippen molar-refractivity contribution in [1.29, 1.82) is 0 Å². The minimum absolute atomic E-state index is 0.0110. The summed E-state index contributed by atoms with van der Waals surface area (Å²) < 4.78 is 43.4. The van der Waals surface area contributed by atoms with Gasteiger partial charge < -0.3 is 37.9 Å².